The first kappa shape index (κ1) is 14.4. The Kier molecular flexibility index (Phi) is 3.70. The third kappa shape index (κ3) is 2.13. The Morgan fingerprint density at radius 1 is 1.75 bits per heavy atom. The fraction of sp³-hybridized carbons (Fsp3) is 0.600. The number of aliphatic hydroxyl groups is 2. The average molecular weight is 283 g/mol. The molecule has 2 heterocycles. The summed E-state index contributed by atoms with van der Waals surface area (Å²) in [7, 11) is 0. The molecule has 0 unspecified atom stereocenters. The standard InChI is InChI=1S/C10H15N6O4/c1-5-7(18)10(4-17,14-15-12)20-8(5)16-3-2-6(11)13-9(16)19/h2-3,5,7-8,17-18H,4H2,1H3,(H3-,11,12,13,14,19)/q-1/t5-,7-,8+,10+/m0/s1. The molecule has 1 saturated heterocycles. The predicted octanol–water partition coefficient (Wildman–Crippen LogP) is -1.43. The number of hydrogen-bond acceptors (Lipinski definition) is 7. The highest BCUT2D eigenvalue weighted by molar-refractivity contribution is 5.23. The fourth-order valence-corrected chi connectivity index (χ4v) is 2.25. The zero-order valence-corrected chi connectivity index (χ0v) is 10.7. The highest BCUT2D eigenvalue weighted by Crippen LogP contribution is 2.39. The topological polar surface area (TPSA) is 157 Å². The first-order valence-corrected chi connectivity index (χ1v) is 5.88. The van der Waals surface area contributed by atoms with E-state index >= 15 is 0 Å². The fourth-order valence-electron chi connectivity index (χ4n) is 2.25. The van der Waals surface area contributed by atoms with E-state index in [1.165, 1.54) is 12.3 Å². The van der Waals surface area contributed by atoms with E-state index in [1.54, 1.807) is 6.92 Å². The van der Waals surface area contributed by atoms with Crippen LogP contribution < -0.4 is 16.8 Å². The molecular weight excluding hydrogens is 268 g/mol. The summed E-state index contributed by atoms with van der Waals surface area (Å²) < 4.78 is 6.63. The second kappa shape index (κ2) is 5.15. The van der Waals surface area contributed by atoms with Crippen LogP contribution in [0, 0.1) is 5.92 Å². The van der Waals surface area contributed by atoms with Crippen molar-refractivity contribution in [2.24, 2.45) is 11.1 Å². The third-order valence-corrected chi connectivity index (χ3v) is 3.36. The van der Waals surface area contributed by atoms with Gasteiger partial charge in [-0.1, -0.05) is 6.92 Å². The summed E-state index contributed by atoms with van der Waals surface area (Å²) in [5.74, 6) is -0.506. The zero-order valence-electron chi connectivity index (χ0n) is 10.7. The molecule has 0 aliphatic carbocycles. The van der Waals surface area contributed by atoms with Crippen LogP contribution in [-0.4, -0.2) is 38.2 Å². The second-order valence-corrected chi connectivity index (χ2v) is 4.61. The SMILES string of the molecule is C[C@@H]1[C@H](n2ccc(N)nc2=O)O[C@@](CO)(NN=[N-])[C@H]1O. The van der Waals surface area contributed by atoms with E-state index in [9.17, 15) is 15.0 Å². The molecule has 5 N–H and O–H groups in total. The lowest BCUT2D eigenvalue weighted by atomic mass is 9.98. The highest BCUT2D eigenvalue weighted by Gasteiger charge is 2.50. The number of aromatic nitrogens is 2. The molecule has 4 atom stereocenters. The van der Waals surface area contributed by atoms with Gasteiger partial charge in [-0.15, -0.1) is 0 Å². The summed E-state index contributed by atoms with van der Waals surface area (Å²) in [5, 5.41) is 22.2. The predicted molar refractivity (Wildman–Crippen MR) is 66.9 cm³/mol. The lowest BCUT2D eigenvalue weighted by Crippen LogP contribution is -2.54. The van der Waals surface area contributed by atoms with Gasteiger partial charge >= 0.3 is 5.69 Å². The maximum Gasteiger partial charge on any atom is 0.351 e. The Morgan fingerprint density at radius 2 is 2.45 bits per heavy atom. The number of nitrogens with one attached hydrogen (secondary N) is 1. The van der Waals surface area contributed by atoms with Crippen molar-refractivity contribution in [3.05, 3.63) is 28.3 Å². The largest absolute Gasteiger partial charge is 0.393 e. The van der Waals surface area contributed by atoms with Gasteiger partial charge in [0.15, 0.2) is 0 Å². The number of hydrogen-bond donors (Lipinski definition) is 4. The van der Waals surface area contributed by atoms with Crippen molar-refractivity contribution in [1.82, 2.24) is 15.0 Å². The van der Waals surface area contributed by atoms with E-state index in [-0.39, 0.29) is 5.82 Å². The molecule has 0 amide bonds. The summed E-state index contributed by atoms with van der Waals surface area (Å²) in [6.45, 7) is 0.963. The van der Waals surface area contributed by atoms with Crippen molar-refractivity contribution in [2.75, 3.05) is 12.3 Å². The smallest absolute Gasteiger partial charge is 0.351 e. The molecule has 1 aromatic heterocycles. The van der Waals surface area contributed by atoms with E-state index < -0.39 is 36.3 Å². The van der Waals surface area contributed by atoms with Crippen molar-refractivity contribution >= 4 is 5.82 Å². The summed E-state index contributed by atoms with van der Waals surface area (Å²) in [6.07, 6.45) is -0.730. The van der Waals surface area contributed by atoms with E-state index in [2.05, 4.69) is 15.6 Å². The summed E-state index contributed by atoms with van der Waals surface area (Å²) >= 11 is 0. The van der Waals surface area contributed by atoms with Gasteiger partial charge in [-0.25, -0.2) is 4.79 Å². The molecule has 2 rings (SSSR count). The minimum atomic E-state index is -1.69. The lowest BCUT2D eigenvalue weighted by molar-refractivity contribution is -0.148. The molecular formula is C10H15N6O4-. The molecule has 110 valence electrons. The molecule has 0 bridgehead atoms. The van der Waals surface area contributed by atoms with Crippen molar-refractivity contribution < 1.29 is 14.9 Å². The molecule has 1 aliphatic rings. The maximum atomic E-state index is 11.8. The van der Waals surface area contributed by atoms with Crippen LogP contribution >= 0.6 is 0 Å². The van der Waals surface area contributed by atoms with Gasteiger partial charge in [0, 0.05) is 12.1 Å². The number of rotatable bonds is 4. The molecule has 10 nitrogen and oxygen atoms in total. The van der Waals surface area contributed by atoms with E-state index in [0.29, 0.717) is 0 Å². The van der Waals surface area contributed by atoms with Gasteiger partial charge in [-0.05, 0) is 6.07 Å². The lowest BCUT2D eigenvalue weighted by Gasteiger charge is -2.34. The Labute approximate surface area is 113 Å². The van der Waals surface area contributed by atoms with Gasteiger partial charge in [0.05, 0.1) is 12.7 Å². The van der Waals surface area contributed by atoms with Crippen LogP contribution in [0.1, 0.15) is 13.2 Å². The third-order valence-electron chi connectivity index (χ3n) is 3.36. The van der Waals surface area contributed by atoms with Gasteiger partial charge in [0.1, 0.15) is 17.8 Å². The first-order valence-electron chi connectivity index (χ1n) is 5.88. The molecule has 1 aliphatic heterocycles. The molecule has 0 aromatic carbocycles. The van der Waals surface area contributed by atoms with E-state index in [4.69, 9.17) is 16.0 Å². The van der Waals surface area contributed by atoms with Crippen LogP contribution in [-0.2, 0) is 4.74 Å². The summed E-state index contributed by atoms with van der Waals surface area (Å²) in [5.41, 5.74) is 13.8. The van der Waals surface area contributed by atoms with Gasteiger partial charge in [-0.2, -0.15) is 4.98 Å². The molecule has 0 spiro atoms. The van der Waals surface area contributed by atoms with Gasteiger partial charge in [0.2, 0.25) is 0 Å². The Balaban J connectivity index is 2.39. The van der Waals surface area contributed by atoms with Gasteiger partial charge in [0.25, 0.3) is 0 Å². The summed E-state index contributed by atoms with van der Waals surface area (Å²) in [6, 6.07) is 1.41. The second-order valence-electron chi connectivity index (χ2n) is 4.61. The maximum absolute atomic E-state index is 11.8. The van der Waals surface area contributed by atoms with Gasteiger partial charge < -0.3 is 31.6 Å². The Bertz CT molecular complexity index is 563. The van der Waals surface area contributed by atoms with Crippen molar-refractivity contribution in [3.63, 3.8) is 0 Å². The molecule has 0 saturated carbocycles. The van der Waals surface area contributed by atoms with E-state index in [0.717, 1.165) is 4.57 Å². The van der Waals surface area contributed by atoms with Crippen LogP contribution in [0.4, 0.5) is 5.82 Å². The Morgan fingerprint density at radius 3 is 3.00 bits per heavy atom. The van der Waals surface area contributed by atoms with Crippen LogP contribution in [0.25, 0.3) is 5.53 Å². The summed E-state index contributed by atoms with van der Waals surface area (Å²) in [4.78, 5) is 15.4. The number of ether oxygens (including phenoxy) is 1. The van der Waals surface area contributed by atoms with Gasteiger partial charge in [-0.3, -0.25) is 9.79 Å². The van der Waals surface area contributed by atoms with Crippen molar-refractivity contribution in [2.45, 2.75) is 25.0 Å². The van der Waals surface area contributed by atoms with Crippen LogP contribution in [0.15, 0.2) is 22.3 Å². The van der Waals surface area contributed by atoms with Crippen LogP contribution in [0.2, 0.25) is 0 Å². The minimum absolute atomic E-state index is 0.0642. The first-order chi connectivity index (χ1) is 9.45. The molecule has 0 radical (unpaired) electrons. The minimum Gasteiger partial charge on any atom is -0.393 e. The molecule has 10 heteroatoms. The molecule has 1 aromatic rings. The quantitative estimate of drug-likeness (QED) is 0.389. The average Bonchev–Trinajstić information content (AvgIpc) is 2.65. The van der Waals surface area contributed by atoms with Crippen molar-refractivity contribution in [3.8, 4) is 0 Å². The normalized spacial score (nSPS) is 33.0. The number of aliphatic hydroxyl groups excluding tert-OH is 2. The number of nitrogens with zero attached hydrogens (tertiary/aromatic N) is 4. The van der Waals surface area contributed by atoms with Crippen LogP contribution in [0.3, 0.4) is 0 Å². The number of nitrogen functional groups attached to an aromatic ring is 1. The highest BCUT2D eigenvalue weighted by atomic mass is 16.6. The number of anilines is 1. The zero-order chi connectivity index (χ0) is 14.9. The van der Waals surface area contributed by atoms with Crippen molar-refractivity contribution in [1.29, 1.82) is 0 Å². The Hall–Kier alpha value is -2.04. The molecule has 20 heavy (non-hydrogen) atoms. The number of nitrogens with two attached hydrogens (primary N) is 1. The van der Waals surface area contributed by atoms with E-state index in [1.807, 2.05) is 0 Å². The monoisotopic (exact) mass is 283 g/mol. The molecule has 1 fully saturated rings. The van der Waals surface area contributed by atoms with Crippen LogP contribution in [0.5, 0.6) is 0 Å².